The normalized spacial score (nSPS) is 16.3. The van der Waals surface area contributed by atoms with Crippen LogP contribution in [-0.4, -0.2) is 57.7 Å². The molecule has 2 aromatic carbocycles. The fourth-order valence-electron chi connectivity index (χ4n) is 3.83. The van der Waals surface area contributed by atoms with Crippen molar-refractivity contribution in [3.63, 3.8) is 0 Å². The number of nitrogens with zero attached hydrogens (tertiary/aromatic N) is 5. The molecule has 10 heteroatoms. The Bertz CT molecular complexity index is 1090. The Morgan fingerprint density at radius 3 is 2.38 bits per heavy atom. The summed E-state index contributed by atoms with van der Waals surface area (Å²) in [7, 11) is 0. The second-order valence-electron chi connectivity index (χ2n) is 7.81. The molecule has 0 unspecified atom stereocenters. The fraction of sp³-hybridized carbons (Fsp3) is 0.318. The molecular formula is C22H24ClN7O2. The summed E-state index contributed by atoms with van der Waals surface area (Å²) in [6, 6.07) is 13.5. The fourth-order valence-corrected chi connectivity index (χ4v) is 3.96. The van der Waals surface area contributed by atoms with E-state index in [9.17, 15) is 0 Å². The van der Waals surface area contributed by atoms with Crippen molar-refractivity contribution in [2.75, 3.05) is 44.0 Å². The van der Waals surface area contributed by atoms with Crippen LogP contribution in [0.2, 0.25) is 5.02 Å². The first-order valence-electron chi connectivity index (χ1n) is 10.5. The quantitative estimate of drug-likeness (QED) is 0.583. The van der Waals surface area contributed by atoms with Gasteiger partial charge < -0.3 is 20.5 Å². The summed E-state index contributed by atoms with van der Waals surface area (Å²) in [5, 5.41) is 3.83. The Morgan fingerprint density at radius 2 is 1.59 bits per heavy atom. The largest absolute Gasteiger partial charge is 0.454 e. The van der Waals surface area contributed by atoms with E-state index in [-0.39, 0.29) is 5.95 Å². The number of ether oxygens (including phenoxy) is 2. The number of benzene rings is 2. The van der Waals surface area contributed by atoms with E-state index >= 15 is 0 Å². The van der Waals surface area contributed by atoms with Crippen LogP contribution in [0.4, 0.5) is 17.6 Å². The summed E-state index contributed by atoms with van der Waals surface area (Å²) in [5.41, 5.74) is 7.98. The number of aromatic nitrogens is 3. The Kier molecular flexibility index (Phi) is 5.93. The van der Waals surface area contributed by atoms with Crippen molar-refractivity contribution >= 4 is 29.2 Å². The highest BCUT2D eigenvalue weighted by molar-refractivity contribution is 6.30. The van der Waals surface area contributed by atoms with Gasteiger partial charge in [0.15, 0.2) is 11.5 Å². The molecule has 3 N–H and O–H groups in total. The molecule has 3 heterocycles. The van der Waals surface area contributed by atoms with Crippen LogP contribution in [0.15, 0.2) is 42.5 Å². The van der Waals surface area contributed by atoms with E-state index in [1.54, 1.807) is 12.1 Å². The van der Waals surface area contributed by atoms with E-state index in [0.29, 0.717) is 30.1 Å². The van der Waals surface area contributed by atoms with Gasteiger partial charge in [-0.1, -0.05) is 17.7 Å². The third-order valence-electron chi connectivity index (χ3n) is 5.47. The van der Waals surface area contributed by atoms with E-state index in [2.05, 4.69) is 42.2 Å². The first-order valence-corrected chi connectivity index (χ1v) is 10.8. The number of hydrogen-bond donors (Lipinski definition) is 2. The summed E-state index contributed by atoms with van der Waals surface area (Å²) in [4.78, 5) is 17.8. The molecular weight excluding hydrogens is 430 g/mol. The van der Waals surface area contributed by atoms with Gasteiger partial charge >= 0.3 is 0 Å². The van der Waals surface area contributed by atoms with Crippen molar-refractivity contribution in [3.8, 4) is 11.5 Å². The zero-order valence-electron chi connectivity index (χ0n) is 17.5. The smallest absolute Gasteiger partial charge is 0.232 e. The lowest BCUT2D eigenvalue weighted by Crippen LogP contribution is -2.45. The molecule has 166 valence electrons. The first kappa shape index (κ1) is 20.7. The lowest BCUT2D eigenvalue weighted by atomic mass is 10.1. The van der Waals surface area contributed by atoms with Gasteiger partial charge in [-0.15, -0.1) is 0 Å². The van der Waals surface area contributed by atoms with Crippen molar-refractivity contribution in [3.05, 3.63) is 58.9 Å². The highest BCUT2D eigenvalue weighted by Gasteiger charge is 2.20. The van der Waals surface area contributed by atoms with Crippen LogP contribution >= 0.6 is 11.6 Å². The van der Waals surface area contributed by atoms with Gasteiger partial charge in [-0.2, -0.15) is 15.0 Å². The van der Waals surface area contributed by atoms with Crippen LogP contribution in [0, 0.1) is 0 Å². The molecule has 0 amide bonds. The molecule has 1 aromatic heterocycles. The molecule has 32 heavy (non-hydrogen) atoms. The SMILES string of the molecule is Nc1nc(CN2CCN(Cc3ccc4c(c3)OCO4)CC2)nc(Nc2ccc(Cl)cc2)n1. The van der Waals surface area contributed by atoms with Crippen molar-refractivity contribution in [2.24, 2.45) is 0 Å². The maximum atomic E-state index is 5.94. The van der Waals surface area contributed by atoms with E-state index in [0.717, 1.165) is 49.9 Å². The Balaban J connectivity index is 1.16. The van der Waals surface area contributed by atoms with E-state index < -0.39 is 0 Å². The summed E-state index contributed by atoms with van der Waals surface area (Å²) < 4.78 is 10.9. The van der Waals surface area contributed by atoms with Crippen LogP contribution in [0.3, 0.4) is 0 Å². The second kappa shape index (κ2) is 9.15. The number of piperazine rings is 1. The van der Waals surface area contributed by atoms with Crippen molar-refractivity contribution in [2.45, 2.75) is 13.1 Å². The van der Waals surface area contributed by atoms with E-state index in [1.165, 1.54) is 5.56 Å². The first-order chi connectivity index (χ1) is 15.6. The highest BCUT2D eigenvalue weighted by Crippen LogP contribution is 2.32. The van der Waals surface area contributed by atoms with Crippen molar-refractivity contribution in [1.82, 2.24) is 24.8 Å². The molecule has 2 aliphatic rings. The van der Waals surface area contributed by atoms with Gasteiger partial charge in [-0.25, -0.2) is 0 Å². The van der Waals surface area contributed by atoms with Crippen molar-refractivity contribution in [1.29, 1.82) is 0 Å². The average Bonchev–Trinajstić information content (AvgIpc) is 3.24. The number of fused-ring (bicyclic) bond motifs is 1. The molecule has 1 fully saturated rings. The van der Waals surface area contributed by atoms with Crippen LogP contribution in [0.25, 0.3) is 0 Å². The topological polar surface area (TPSA) is 102 Å². The average molecular weight is 454 g/mol. The Labute approximate surface area is 191 Å². The third kappa shape index (κ3) is 5.01. The van der Waals surface area contributed by atoms with Gasteiger partial charge in [0.05, 0.1) is 6.54 Å². The van der Waals surface area contributed by atoms with Gasteiger partial charge in [0, 0.05) is 43.4 Å². The lowest BCUT2D eigenvalue weighted by molar-refractivity contribution is 0.120. The monoisotopic (exact) mass is 453 g/mol. The zero-order chi connectivity index (χ0) is 21.9. The third-order valence-corrected chi connectivity index (χ3v) is 5.72. The van der Waals surface area contributed by atoms with Crippen molar-refractivity contribution < 1.29 is 9.47 Å². The van der Waals surface area contributed by atoms with Gasteiger partial charge in [-0.3, -0.25) is 9.80 Å². The maximum absolute atomic E-state index is 5.94. The highest BCUT2D eigenvalue weighted by atomic mass is 35.5. The molecule has 0 spiro atoms. The molecule has 0 bridgehead atoms. The lowest BCUT2D eigenvalue weighted by Gasteiger charge is -2.34. The number of nitrogen functional groups attached to an aromatic ring is 1. The minimum Gasteiger partial charge on any atom is -0.454 e. The number of anilines is 3. The summed E-state index contributed by atoms with van der Waals surface area (Å²) >= 11 is 5.94. The molecule has 1 saturated heterocycles. The molecule has 0 atom stereocenters. The van der Waals surface area contributed by atoms with Gasteiger partial charge in [0.25, 0.3) is 0 Å². The number of nitrogens with one attached hydrogen (secondary N) is 1. The predicted octanol–water partition coefficient (Wildman–Crippen LogP) is 2.90. The number of hydrogen-bond acceptors (Lipinski definition) is 9. The molecule has 0 radical (unpaired) electrons. The van der Waals surface area contributed by atoms with Crippen LogP contribution in [-0.2, 0) is 13.1 Å². The summed E-state index contributed by atoms with van der Waals surface area (Å²) in [5.74, 6) is 2.93. The minimum absolute atomic E-state index is 0.202. The summed E-state index contributed by atoms with van der Waals surface area (Å²) in [6.45, 7) is 5.59. The molecule has 3 aromatic rings. The van der Waals surface area contributed by atoms with Crippen LogP contribution < -0.4 is 20.5 Å². The number of halogens is 1. The predicted molar refractivity (Wildman–Crippen MR) is 122 cm³/mol. The van der Waals surface area contributed by atoms with Crippen LogP contribution in [0.5, 0.6) is 11.5 Å². The molecule has 2 aliphatic heterocycles. The standard InChI is InChI=1S/C22H24ClN7O2/c23-16-2-4-17(5-3-16)25-22-27-20(26-21(24)28-22)13-30-9-7-29(8-10-30)12-15-1-6-18-19(11-15)32-14-31-18/h1-6,11H,7-10,12-14H2,(H3,24,25,26,27,28). The molecule has 0 aliphatic carbocycles. The molecule has 9 nitrogen and oxygen atoms in total. The van der Waals surface area contributed by atoms with Gasteiger partial charge in [-0.05, 0) is 42.0 Å². The second-order valence-corrected chi connectivity index (χ2v) is 8.24. The Morgan fingerprint density at radius 1 is 0.875 bits per heavy atom. The summed E-state index contributed by atoms with van der Waals surface area (Å²) in [6.07, 6.45) is 0. The van der Waals surface area contributed by atoms with Gasteiger partial charge in [0.1, 0.15) is 5.82 Å². The number of rotatable bonds is 6. The minimum atomic E-state index is 0.202. The van der Waals surface area contributed by atoms with Crippen LogP contribution in [0.1, 0.15) is 11.4 Å². The molecule has 5 rings (SSSR count). The Hall–Kier alpha value is -3.14. The number of nitrogens with two attached hydrogens (primary N) is 1. The zero-order valence-corrected chi connectivity index (χ0v) is 18.3. The van der Waals surface area contributed by atoms with Gasteiger partial charge in [0.2, 0.25) is 18.7 Å². The van der Waals surface area contributed by atoms with E-state index in [1.807, 2.05) is 18.2 Å². The molecule has 0 saturated carbocycles. The van der Waals surface area contributed by atoms with E-state index in [4.69, 9.17) is 26.8 Å². The maximum Gasteiger partial charge on any atom is 0.232 e.